The SMILES string of the molecule is Cn1ccnc1COCc1ccccc1. The molecule has 3 heteroatoms. The lowest BCUT2D eigenvalue weighted by molar-refractivity contribution is 0.1000. The smallest absolute Gasteiger partial charge is 0.134 e. The van der Waals surface area contributed by atoms with E-state index in [0.717, 1.165) is 5.82 Å². The summed E-state index contributed by atoms with van der Waals surface area (Å²) in [6.45, 7) is 1.19. The fourth-order valence-corrected chi connectivity index (χ4v) is 1.37. The van der Waals surface area contributed by atoms with Crippen molar-refractivity contribution in [2.75, 3.05) is 0 Å². The molecule has 0 atom stereocenters. The predicted molar refractivity (Wildman–Crippen MR) is 58.1 cm³/mol. The molecule has 0 aliphatic carbocycles. The second-order valence-electron chi connectivity index (χ2n) is 3.43. The maximum absolute atomic E-state index is 5.56. The third-order valence-corrected chi connectivity index (χ3v) is 2.26. The molecular formula is C12H14N2O. The fourth-order valence-electron chi connectivity index (χ4n) is 1.37. The summed E-state index contributed by atoms with van der Waals surface area (Å²) < 4.78 is 7.52. The molecule has 0 saturated carbocycles. The van der Waals surface area contributed by atoms with Crippen molar-refractivity contribution in [1.29, 1.82) is 0 Å². The van der Waals surface area contributed by atoms with Crippen LogP contribution in [-0.4, -0.2) is 9.55 Å². The molecule has 0 bridgehead atoms. The van der Waals surface area contributed by atoms with Crippen molar-refractivity contribution < 1.29 is 4.74 Å². The van der Waals surface area contributed by atoms with Gasteiger partial charge in [-0.2, -0.15) is 0 Å². The molecule has 1 aromatic carbocycles. The normalized spacial score (nSPS) is 10.5. The minimum Gasteiger partial charge on any atom is -0.369 e. The Kier molecular flexibility index (Phi) is 3.15. The molecule has 0 radical (unpaired) electrons. The monoisotopic (exact) mass is 202 g/mol. The summed E-state index contributed by atoms with van der Waals surface area (Å²) in [5, 5.41) is 0. The minimum atomic E-state index is 0.554. The van der Waals surface area contributed by atoms with Crippen LogP contribution in [0.3, 0.4) is 0 Å². The lowest BCUT2D eigenvalue weighted by Crippen LogP contribution is -2.00. The highest BCUT2D eigenvalue weighted by Gasteiger charge is 1.98. The number of aromatic nitrogens is 2. The van der Waals surface area contributed by atoms with E-state index in [4.69, 9.17) is 4.74 Å². The van der Waals surface area contributed by atoms with Gasteiger partial charge < -0.3 is 9.30 Å². The van der Waals surface area contributed by atoms with Crippen LogP contribution in [0.1, 0.15) is 11.4 Å². The standard InChI is InChI=1S/C12H14N2O/c1-14-8-7-13-12(14)10-15-9-11-5-3-2-4-6-11/h2-8H,9-10H2,1H3. The van der Waals surface area contributed by atoms with E-state index in [-0.39, 0.29) is 0 Å². The Balaban J connectivity index is 1.83. The number of hydrogen-bond acceptors (Lipinski definition) is 2. The van der Waals surface area contributed by atoms with Crippen LogP contribution >= 0.6 is 0 Å². The molecule has 1 aromatic heterocycles. The van der Waals surface area contributed by atoms with Crippen molar-refractivity contribution in [3.63, 3.8) is 0 Å². The molecule has 0 aliphatic rings. The quantitative estimate of drug-likeness (QED) is 0.759. The Morgan fingerprint density at radius 1 is 1.20 bits per heavy atom. The third kappa shape index (κ3) is 2.67. The summed E-state index contributed by atoms with van der Waals surface area (Å²) in [6, 6.07) is 10.1. The van der Waals surface area contributed by atoms with E-state index >= 15 is 0 Å². The van der Waals surface area contributed by atoms with Gasteiger partial charge in [-0.25, -0.2) is 4.98 Å². The van der Waals surface area contributed by atoms with Gasteiger partial charge in [0.15, 0.2) is 0 Å². The first kappa shape index (κ1) is 9.93. The van der Waals surface area contributed by atoms with E-state index in [9.17, 15) is 0 Å². The average Bonchev–Trinajstić information content (AvgIpc) is 2.66. The Bertz CT molecular complexity index is 409. The summed E-state index contributed by atoms with van der Waals surface area (Å²) >= 11 is 0. The van der Waals surface area contributed by atoms with E-state index < -0.39 is 0 Å². The largest absolute Gasteiger partial charge is 0.369 e. The molecule has 15 heavy (non-hydrogen) atoms. The van der Waals surface area contributed by atoms with Crippen molar-refractivity contribution in [3.8, 4) is 0 Å². The first-order valence-electron chi connectivity index (χ1n) is 4.94. The van der Waals surface area contributed by atoms with Gasteiger partial charge in [0.1, 0.15) is 12.4 Å². The molecule has 1 heterocycles. The summed E-state index contributed by atoms with van der Waals surface area (Å²) in [5.41, 5.74) is 1.19. The van der Waals surface area contributed by atoms with Crippen LogP contribution in [0.15, 0.2) is 42.7 Å². The number of hydrogen-bond donors (Lipinski definition) is 0. The molecule has 2 rings (SSSR count). The average molecular weight is 202 g/mol. The van der Waals surface area contributed by atoms with E-state index in [1.165, 1.54) is 5.56 Å². The zero-order valence-corrected chi connectivity index (χ0v) is 8.76. The highest BCUT2D eigenvalue weighted by Crippen LogP contribution is 2.03. The predicted octanol–water partition coefficient (Wildman–Crippen LogP) is 2.14. The summed E-state index contributed by atoms with van der Waals surface area (Å²) in [5.74, 6) is 0.950. The first-order chi connectivity index (χ1) is 7.36. The van der Waals surface area contributed by atoms with Crippen LogP contribution in [-0.2, 0) is 25.0 Å². The summed E-state index contributed by atoms with van der Waals surface area (Å²) in [7, 11) is 1.97. The number of rotatable bonds is 4. The van der Waals surface area contributed by atoms with Gasteiger partial charge in [0.2, 0.25) is 0 Å². The van der Waals surface area contributed by atoms with Gasteiger partial charge in [0.05, 0.1) is 6.61 Å². The van der Waals surface area contributed by atoms with Crippen LogP contribution < -0.4 is 0 Å². The molecule has 0 N–H and O–H groups in total. The van der Waals surface area contributed by atoms with Crippen molar-refractivity contribution in [2.24, 2.45) is 7.05 Å². The lowest BCUT2D eigenvalue weighted by atomic mass is 10.2. The van der Waals surface area contributed by atoms with Gasteiger partial charge in [-0.3, -0.25) is 0 Å². The topological polar surface area (TPSA) is 27.1 Å². The molecule has 0 unspecified atom stereocenters. The van der Waals surface area contributed by atoms with Crippen LogP contribution in [0.2, 0.25) is 0 Å². The van der Waals surface area contributed by atoms with E-state index in [0.29, 0.717) is 13.2 Å². The van der Waals surface area contributed by atoms with E-state index in [1.807, 2.05) is 36.0 Å². The lowest BCUT2D eigenvalue weighted by Gasteiger charge is -2.04. The first-order valence-corrected chi connectivity index (χ1v) is 4.94. The van der Waals surface area contributed by atoms with Gasteiger partial charge in [-0.1, -0.05) is 30.3 Å². The Morgan fingerprint density at radius 2 is 2.00 bits per heavy atom. The summed E-state index contributed by atoms with van der Waals surface area (Å²) in [6.07, 6.45) is 3.70. The van der Waals surface area contributed by atoms with Crippen molar-refractivity contribution in [1.82, 2.24) is 9.55 Å². The van der Waals surface area contributed by atoms with Crippen LogP contribution in [0.5, 0.6) is 0 Å². The van der Waals surface area contributed by atoms with Crippen LogP contribution in [0, 0.1) is 0 Å². The van der Waals surface area contributed by atoms with Gasteiger partial charge in [0, 0.05) is 19.4 Å². The van der Waals surface area contributed by atoms with Crippen LogP contribution in [0.4, 0.5) is 0 Å². The zero-order chi connectivity index (χ0) is 10.5. The Hall–Kier alpha value is -1.61. The van der Waals surface area contributed by atoms with Crippen LogP contribution in [0.25, 0.3) is 0 Å². The maximum atomic E-state index is 5.56. The van der Waals surface area contributed by atoms with Gasteiger partial charge in [-0.05, 0) is 5.56 Å². The molecule has 0 fully saturated rings. The Labute approximate surface area is 89.3 Å². The molecule has 0 saturated heterocycles. The molecule has 2 aromatic rings. The second-order valence-corrected chi connectivity index (χ2v) is 3.43. The molecule has 0 amide bonds. The number of aryl methyl sites for hydroxylation is 1. The minimum absolute atomic E-state index is 0.554. The summed E-state index contributed by atoms with van der Waals surface area (Å²) in [4.78, 5) is 4.18. The highest BCUT2D eigenvalue weighted by atomic mass is 16.5. The third-order valence-electron chi connectivity index (χ3n) is 2.26. The Morgan fingerprint density at radius 3 is 2.67 bits per heavy atom. The second kappa shape index (κ2) is 4.75. The van der Waals surface area contributed by atoms with Crippen molar-refractivity contribution in [3.05, 3.63) is 54.1 Å². The zero-order valence-electron chi connectivity index (χ0n) is 8.76. The molecule has 3 nitrogen and oxygen atoms in total. The highest BCUT2D eigenvalue weighted by molar-refractivity contribution is 5.13. The number of ether oxygens (including phenoxy) is 1. The molecule has 0 aliphatic heterocycles. The van der Waals surface area contributed by atoms with Crippen molar-refractivity contribution >= 4 is 0 Å². The number of benzene rings is 1. The van der Waals surface area contributed by atoms with Gasteiger partial charge >= 0.3 is 0 Å². The molecular weight excluding hydrogens is 188 g/mol. The number of imidazole rings is 1. The fraction of sp³-hybridized carbons (Fsp3) is 0.250. The van der Waals surface area contributed by atoms with E-state index in [1.54, 1.807) is 6.20 Å². The van der Waals surface area contributed by atoms with Crippen molar-refractivity contribution in [2.45, 2.75) is 13.2 Å². The number of nitrogens with zero attached hydrogens (tertiary/aromatic N) is 2. The van der Waals surface area contributed by atoms with Gasteiger partial charge in [-0.15, -0.1) is 0 Å². The van der Waals surface area contributed by atoms with Gasteiger partial charge in [0.25, 0.3) is 0 Å². The maximum Gasteiger partial charge on any atom is 0.134 e. The molecule has 0 spiro atoms. The van der Waals surface area contributed by atoms with E-state index in [2.05, 4.69) is 17.1 Å². The molecule has 78 valence electrons.